The van der Waals surface area contributed by atoms with Crippen LogP contribution in [0.3, 0.4) is 0 Å². The van der Waals surface area contributed by atoms with E-state index in [1.165, 1.54) is 12.3 Å². The Bertz CT molecular complexity index is 705. The largest absolute Gasteiger partial charge is 0.328 e. The molecule has 0 radical (unpaired) electrons. The van der Waals surface area contributed by atoms with Gasteiger partial charge in [-0.1, -0.05) is 0 Å². The first kappa shape index (κ1) is 12.8. The normalized spacial score (nSPS) is 10.4. The number of amides is 1. The van der Waals surface area contributed by atoms with Crippen LogP contribution >= 0.6 is 0 Å². The highest BCUT2D eigenvalue weighted by atomic mass is 16.2. The minimum atomic E-state index is -0.622. The lowest BCUT2D eigenvalue weighted by Crippen LogP contribution is -2.32. The van der Waals surface area contributed by atoms with Gasteiger partial charge in [-0.05, 0) is 13.8 Å². The number of aryl methyl sites for hydroxylation is 2. The summed E-state index contributed by atoms with van der Waals surface area (Å²) in [5.41, 5.74) is 0.883. The van der Waals surface area contributed by atoms with Crippen molar-refractivity contribution in [1.29, 1.82) is 0 Å². The zero-order chi connectivity index (χ0) is 14.0. The number of aromatic amines is 2. The average molecular weight is 263 g/mol. The van der Waals surface area contributed by atoms with Crippen LogP contribution in [-0.2, 0) is 11.3 Å². The number of H-pyrrole nitrogens is 2. The van der Waals surface area contributed by atoms with Gasteiger partial charge in [-0.3, -0.25) is 24.2 Å². The van der Waals surface area contributed by atoms with Crippen LogP contribution in [0.2, 0.25) is 0 Å². The molecule has 0 saturated carbocycles. The summed E-state index contributed by atoms with van der Waals surface area (Å²) in [5, 5.41) is 9.36. The van der Waals surface area contributed by atoms with E-state index in [0.717, 1.165) is 10.3 Å². The third-order valence-electron chi connectivity index (χ3n) is 2.60. The Hall–Kier alpha value is -2.64. The van der Waals surface area contributed by atoms with Crippen LogP contribution < -0.4 is 16.6 Å². The first-order valence-corrected chi connectivity index (χ1v) is 5.58. The highest BCUT2D eigenvalue weighted by Gasteiger charge is 2.11. The maximum atomic E-state index is 11.8. The molecule has 8 nitrogen and oxygen atoms in total. The van der Waals surface area contributed by atoms with E-state index < -0.39 is 11.2 Å². The predicted octanol–water partition coefficient (Wildman–Crippen LogP) is -0.485. The Morgan fingerprint density at radius 3 is 2.74 bits per heavy atom. The summed E-state index contributed by atoms with van der Waals surface area (Å²) in [6, 6.07) is 1.18. The lowest BCUT2D eigenvalue weighted by molar-refractivity contribution is -0.116. The maximum absolute atomic E-state index is 11.8. The Kier molecular flexibility index (Phi) is 3.32. The van der Waals surface area contributed by atoms with Crippen molar-refractivity contribution in [1.82, 2.24) is 19.7 Å². The van der Waals surface area contributed by atoms with Gasteiger partial charge in [0.1, 0.15) is 6.54 Å². The van der Waals surface area contributed by atoms with Crippen molar-refractivity contribution in [3.05, 3.63) is 44.5 Å². The molecule has 0 fully saturated rings. The number of hydrogen-bond donors (Lipinski definition) is 3. The molecule has 19 heavy (non-hydrogen) atoms. The van der Waals surface area contributed by atoms with Gasteiger partial charge in [-0.25, -0.2) is 4.79 Å². The highest BCUT2D eigenvalue weighted by molar-refractivity contribution is 5.91. The molecule has 0 atom stereocenters. The summed E-state index contributed by atoms with van der Waals surface area (Å²) in [7, 11) is 0. The van der Waals surface area contributed by atoms with Crippen molar-refractivity contribution in [2.75, 3.05) is 5.32 Å². The molecule has 2 heterocycles. The lowest BCUT2D eigenvalue weighted by atomic mass is 10.3. The summed E-state index contributed by atoms with van der Waals surface area (Å²) in [6.45, 7) is 3.35. The lowest BCUT2D eigenvalue weighted by Gasteiger charge is -2.06. The van der Waals surface area contributed by atoms with E-state index in [4.69, 9.17) is 0 Å². The molecular formula is C11H13N5O3. The van der Waals surface area contributed by atoms with Gasteiger partial charge in [-0.2, -0.15) is 5.10 Å². The summed E-state index contributed by atoms with van der Waals surface area (Å²) in [5.74, 6) is -0.373. The third-order valence-corrected chi connectivity index (χ3v) is 2.60. The second-order valence-electron chi connectivity index (χ2n) is 4.10. The average Bonchev–Trinajstić information content (AvgIpc) is 2.65. The quantitative estimate of drug-likeness (QED) is 0.693. The molecule has 0 aliphatic heterocycles. The number of carbonyl (C=O) groups excluding carboxylic acids is 1. The topological polar surface area (TPSA) is 113 Å². The van der Waals surface area contributed by atoms with Crippen LogP contribution in [0.4, 0.5) is 5.69 Å². The number of aromatic nitrogens is 4. The fourth-order valence-electron chi connectivity index (χ4n) is 1.64. The first-order chi connectivity index (χ1) is 8.97. The Labute approximate surface area is 107 Å². The van der Waals surface area contributed by atoms with E-state index in [0.29, 0.717) is 11.4 Å². The molecule has 0 aromatic carbocycles. The molecule has 1 amide bonds. The number of nitrogens with zero attached hydrogens (tertiary/aromatic N) is 2. The van der Waals surface area contributed by atoms with E-state index >= 15 is 0 Å². The summed E-state index contributed by atoms with van der Waals surface area (Å²) in [4.78, 5) is 36.2. The smallest absolute Gasteiger partial charge is 0.321 e. The molecule has 0 aliphatic carbocycles. The van der Waals surface area contributed by atoms with Crippen molar-refractivity contribution < 1.29 is 4.79 Å². The molecule has 0 unspecified atom stereocenters. The van der Waals surface area contributed by atoms with Gasteiger partial charge in [0.2, 0.25) is 5.91 Å². The number of rotatable bonds is 3. The predicted molar refractivity (Wildman–Crippen MR) is 68.0 cm³/mol. The van der Waals surface area contributed by atoms with Crippen LogP contribution in [-0.4, -0.2) is 25.7 Å². The summed E-state index contributed by atoms with van der Waals surface area (Å²) < 4.78 is 1.11. The number of nitrogens with one attached hydrogen (secondary N) is 3. The number of carbonyl (C=O) groups is 1. The van der Waals surface area contributed by atoms with Crippen LogP contribution in [0, 0.1) is 13.8 Å². The van der Waals surface area contributed by atoms with Crippen molar-refractivity contribution in [2.24, 2.45) is 0 Å². The van der Waals surface area contributed by atoms with Gasteiger partial charge < -0.3 is 5.32 Å². The second-order valence-corrected chi connectivity index (χ2v) is 4.10. The summed E-state index contributed by atoms with van der Waals surface area (Å²) in [6.07, 6.45) is 1.27. The van der Waals surface area contributed by atoms with Gasteiger partial charge in [0.25, 0.3) is 5.56 Å². The molecule has 0 spiro atoms. The molecule has 2 rings (SSSR count). The Morgan fingerprint density at radius 2 is 2.16 bits per heavy atom. The fourth-order valence-corrected chi connectivity index (χ4v) is 1.64. The van der Waals surface area contributed by atoms with Crippen LogP contribution in [0.15, 0.2) is 21.9 Å². The van der Waals surface area contributed by atoms with Gasteiger partial charge in [0, 0.05) is 12.3 Å². The Balaban J connectivity index is 2.14. The van der Waals surface area contributed by atoms with Crippen LogP contribution in [0.25, 0.3) is 0 Å². The van der Waals surface area contributed by atoms with Gasteiger partial charge in [0.15, 0.2) is 0 Å². The fraction of sp³-hybridized carbons (Fsp3) is 0.273. The molecule has 100 valence electrons. The molecular weight excluding hydrogens is 250 g/mol. The molecule has 2 aromatic rings. The Morgan fingerprint density at radius 1 is 1.42 bits per heavy atom. The second kappa shape index (κ2) is 4.92. The minimum absolute atomic E-state index is 0.181. The summed E-state index contributed by atoms with van der Waals surface area (Å²) >= 11 is 0. The highest BCUT2D eigenvalue weighted by Crippen LogP contribution is 2.15. The van der Waals surface area contributed by atoms with E-state index in [2.05, 4.69) is 20.5 Å². The molecule has 2 aromatic heterocycles. The maximum Gasteiger partial charge on any atom is 0.328 e. The van der Waals surface area contributed by atoms with Gasteiger partial charge in [-0.15, -0.1) is 0 Å². The van der Waals surface area contributed by atoms with Gasteiger partial charge >= 0.3 is 5.69 Å². The van der Waals surface area contributed by atoms with Crippen molar-refractivity contribution in [3.63, 3.8) is 0 Å². The molecule has 3 N–H and O–H groups in total. The third kappa shape index (κ3) is 2.79. The zero-order valence-corrected chi connectivity index (χ0v) is 10.5. The van der Waals surface area contributed by atoms with Crippen LogP contribution in [0.5, 0.6) is 0 Å². The zero-order valence-electron chi connectivity index (χ0n) is 10.5. The molecule has 0 aliphatic rings. The SMILES string of the molecule is Cc1n[nH]c(C)c1NC(=O)Cn1ccc(=O)[nH]c1=O. The van der Waals surface area contributed by atoms with Crippen molar-refractivity contribution in [3.8, 4) is 0 Å². The minimum Gasteiger partial charge on any atom is -0.321 e. The molecule has 0 bridgehead atoms. The monoisotopic (exact) mass is 263 g/mol. The van der Waals surface area contributed by atoms with Gasteiger partial charge in [0.05, 0.1) is 17.1 Å². The molecule has 0 saturated heterocycles. The van der Waals surface area contributed by atoms with E-state index in [-0.39, 0.29) is 12.5 Å². The number of anilines is 1. The molecule has 8 heteroatoms. The van der Waals surface area contributed by atoms with E-state index in [1.807, 2.05) is 0 Å². The van der Waals surface area contributed by atoms with Crippen molar-refractivity contribution in [2.45, 2.75) is 20.4 Å². The number of hydrogen-bond acceptors (Lipinski definition) is 4. The van der Waals surface area contributed by atoms with Crippen molar-refractivity contribution >= 4 is 11.6 Å². The van der Waals surface area contributed by atoms with Crippen LogP contribution in [0.1, 0.15) is 11.4 Å². The first-order valence-electron chi connectivity index (χ1n) is 5.58. The van der Waals surface area contributed by atoms with E-state index in [9.17, 15) is 14.4 Å². The van der Waals surface area contributed by atoms with E-state index in [1.54, 1.807) is 13.8 Å². The standard InChI is InChI=1S/C11H13N5O3/c1-6-10(7(2)15-14-6)12-9(18)5-16-4-3-8(17)13-11(16)19/h3-4H,5H2,1-2H3,(H,12,18)(H,14,15)(H,13,17,19).